The molecule has 29 heavy (non-hydrogen) atoms. The first-order chi connectivity index (χ1) is 14.0. The van der Waals surface area contributed by atoms with Crippen LogP contribution in [-0.2, 0) is 0 Å². The molecule has 3 aromatic rings. The fourth-order valence-electron chi connectivity index (χ4n) is 2.79. The Hall–Kier alpha value is -3.17. The van der Waals surface area contributed by atoms with Crippen LogP contribution in [0, 0.1) is 11.3 Å². The van der Waals surface area contributed by atoms with Crippen molar-refractivity contribution in [1.82, 2.24) is 9.97 Å². The molecular weight excluding hydrogens is 390 g/mol. The van der Waals surface area contributed by atoms with Gasteiger partial charge < -0.3 is 19.2 Å². The maximum atomic E-state index is 9.68. The van der Waals surface area contributed by atoms with E-state index in [-0.39, 0.29) is 6.10 Å². The summed E-state index contributed by atoms with van der Waals surface area (Å²) >= 11 is 6.43. The molecule has 1 N–H and O–H groups in total. The minimum Gasteiger partial charge on any atom is -0.497 e. The van der Waals surface area contributed by atoms with Crippen LogP contribution < -0.4 is 14.2 Å². The zero-order valence-electron chi connectivity index (χ0n) is 16.7. The summed E-state index contributed by atoms with van der Waals surface area (Å²) in [7, 11) is 3.16. The lowest BCUT2D eigenvalue weighted by molar-refractivity contribution is 0.208. The van der Waals surface area contributed by atoms with Crippen molar-refractivity contribution >= 4 is 34.3 Å². The summed E-state index contributed by atoms with van der Waals surface area (Å²) in [6.07, 6.45) is 2.55. The van der Waals surface area contributed by atoms with Crippen molar-refractivity contribution in [2.75, 3.05) is 14.2 Å². The second kappa shape index (κ2) is 8.89. The lowest BCUT2D eigenvalue weighted by atomic mass is 10.1. The largest absolute Gasteiger partial charge is 0.497 e. The first kappa shape index (κ1) is 20.6. The molecule has 0 spiro atoms. The first-order valence-electron chi connectivity index (χ1n) is 9.19. The number of halogens is 1. The number of rotatable bonds is 7. The molecular formula is C22H22ClN3O3. The zero-order valence-corrected chi connectivity index (χ0v) is 17.5. The summed E-state index contributed by atoms with van der Waals surface area (Å²) < 4.78 is 16.6. The van der Waals surface area contributed by atoms with E-state index in [4.69, 9.17) is 25.8 Å². The molecule has 0 saturated carbocycles. The van der Waals surface area contributed by atoms with Gasteiger partial charge >= 0.3 is 0 Å². The summed E-state index contributed by atoms with van der Waals surface area (Å²) in [5.74, 6) is 2.18. The maximum absolute atomic E-state index is 9.68. The monoisotopic (exact) mass is 411 g/mol. The predicted molar refractivity (Wildman–Crippen MR) is 115 cm³/mol. The number of aromatic amines is 1. The van der Waals surface area contributed by atoms with Gasteiger partial charge in [0.25, 0.3) is 0 Å². The number of hydrogen-bond donors (Lipinski definition) is 1. The number of benzene rings is 2. The van der Waals surface area contributed by atoms with E-state index in [0.29, 0.717) is 39.2 Å². The van der Waals surface area contributed by atoms with Gasteiger partial charge in [0.1, 0.15) is 17.6 Å². The van der Waals surface area contributed by atoms with Gasteiger partial charge in [-0.15, -0.1) is 0 Å². The molecule has 0 aliphatic carbocycles. The summed E-state index contributed by atoms with van der Waals surface area (Å²) in [6, 6.07) is 11.2. The molecule has 0 radical (unpaired) electrons. The van der Waals surface area contributed by atoms with Crippen LogP contribution in [0.2, 0.25) is 5.02 Å². The van der Waals surface area contributed by atoms with E-state index in [9.17, 15) is 5.26 Å². The van der Waals surface area contributed by atoms with Crippen LogP contribution in [0.15, 0.2) is 30.3 Å². The van der Waals surface area contributed by atoms with Gasteiger partial charge in [-0.3, -0.25) is 0 Å². The fraction of sp³-hybridized carbons (Fsp3) is 0.273. The molecule has 2 aromatic carbocycles. The van der Waals surface area contributed by atoms with Gasteiger partial charge in [-0.2, -0.15) is 5.26 Å². The summed E-state index contributed by atoms with van der Waals surface area (Å²) in [5.41, 5.74) is 2.61. The van der Waals surface area contributed by atoms with Gasteiger partial charge in [-0.05, 0) is 49.2 Å². The van der Waals surface area contributed by atoms with E-state index in [1.54, 1.807) is 32.4 Å². The van der Waals surface area contributed by atoms with Crippen LogP contribution in [0.3, 0.4) is 0 Å². The molecule has 0 amide bonds. The van der Waals surface area contributed by atoms with E-state index in [2.05, 4.69) is 16.0 Å². The van der Waals surface area contributed by atoms with Crippen LogP contribution in [0.4, 0.5) is 0 Å². The van der Waals surface area contributed by atoms with E-state index in [0.717, 1.165) is 17.5 Å². The molecule has 0 aliphatic heterocycles. The van der Waals surface area contributed by atoms with Crippen molar-refractivity contribution in [3.8, 4) is 23.3 Å². The molecule has 1 aromatic heterocycles. The summed E-state index contributed by atoms with van der Waals surface area (Å²) in [6.45, 7) is 4.00. The number of methoxy groups -OCH3 is 2. The molecule has 3 rings (SSSR count). The van der Waals surface area contributed by atoms with Gasteiger partial charge in [0.05, 0.1) is 42.0 Å². The number of nitrogens with one attached hydrogen (secondary N) is 1. The highest BCUT2D eigenvalue weighted by Crippen LogP contribution is 2.38. The minimum absolute atomic E-state index is 0.00463. The van der Waals surface area contributed by atoms with Gasteiger partial charge in [-0.1, -0.05) is 18.5 Å². The number of imidazole rings is 1. The molecule has 0 aliphatic rings. The highest BCUT2D eigenvalue weighted by Gasteiger charge is 2.15. The van der Waals surface area contributed by atoms with Gasteiger partial charge in [-0.25, -0.2) is 4.98 Å². The van der Waals surface area contributed by atoms with Crippen molar-refractivity contribution < 1.29 is 14.2 Å². The number of allylic oxidation sites excluding steroid dienone is 1. The third-order valence-electron chi connectivity index (χ3n) is 4.52. The number of hydrogen-bond acceptors (Lipinski definition) is 5. The highest BCUT2D eigenvalue weighted by atomic mass is 35.5. The van der Waals surface area contributed by atoms with Crippen LogP contribution in [-0.4, -0.2) is 30.3 Å². The SMILES string of the molecule is CC[C@H](C)Oc1c(Cl)cc(/C=C(/C#N)c2nc3ccc(OC)cc3[nH]2)cc1OC. The average molecular weight is 412 g/mol. The Bertz CT molecular complexity index is 1100. The summed E-state index contributed by atoms with van der Waals surface area (Å²) in [5, 5.41) is 10.1. The Morgan fingerprint density at radius 1 is 1.28 bits per heavy atom. The Morgan fingerprint density at radius 2 is 2.07 bits per heavy atom. The average Bonchev–Trinajstić information content (AvgIpc) is 3.16. The number of ether oxygens (including phenoxy) is 3. The van der Waals surface area contributed by atoms with Crippen molar-refractivity contribution in [2.45, 2.75) is 26.4 Å². The van der Waals surface area contributed by atoms with E-state index in [1.807, 2.05) is 32.0 Å². The topological polar surface area (TPSA) is 80.2 Å². The molecule has 7 heteroatoms. The van der Waals surface area contributed by atoms with Gasteiger partial charge in [0.15, 0.2) is 11.5 Å². The van der Waals surface area contributed by atoms with Crippen LogP contribution in [0.25, 0.3) is 22.7 Å². The number of H-pyrrole nitrogens is 1. The lowest BCUT2D eigenvalue weighted by Crippen LogP contribution is -2.11. The zero-order chi connectivity index (χ0) is 21.0. The molecule has 1 heterocycles. The van der Waals surface area contributed by atoms with Crippen LogP contribution >= 0.6 is 11.6 Å². The Morgan fingerprint density at radius 3 is 2.72 bits per heavy atom. The minimum atomic E-state index is 0.00463. The van der Waals surface area contributed by atoms with Crippen LogP contribution in [0.1, 0.15) is 31.7 Å². The van der Waals surface area contributed by atoms with Crippen LogP contribution in [0.5, 0.6) is 17.2 Å². The molecule has 1 atom stereocenters. The van der Waals surface area contributed by atoms with Crippen molar-refractivity contribution in [3.63, 3.8) is 0 Å². The molecule has 0 bridgehead atoms. The second-order valence-corrected chi connectivity index (χ2v) is 6.92. The Labute approximate surface area is 174 Å². The number of fused-ring (bicyclic) bond motifs is 1. The van der Waals surface area contributed by atoms with Crippen molar-refractivity contribution in [3.05, 3.63) is 46.7 Å². The molecule has 0 saturated heterocycles. The van der Waals surface area contributed by atoms with E-state index in [1.165, 1.54) is 0 Å². The van der Waals surface area contributed by atoms with E-state index >= 15 is 0 Å². The number of nitriles is 1. The molecule has 0 unspecified atom stereocenters. The van der Waals surface area contributed by atoms with Crippen molar-refractivity contribution in [1.29, 1.82) is 5.26 Å². The molecule has 150 valence electrons. The smallest absolute Gasteiger partial charge is 0.180 e. The Kier molecular flexibility index (Phi) is 6.30. The fourth-order valence-corrected chi connectivity index (χ4v) is 3.05. The number of aromatic nitrogens is 2. The Balaban J connectivity index is 2.01. The second-order valence-electron chi connectivity index (χ2n) is 6.51. The maximum Gasteiger partial charge on any atom is 0.180 e. The third-order valence-corrected chi connectivity index (χ3v) is 4.80. The predicted octanol–water partition coefficient (Wildman–Crippen LogP) is 5.47. The van der Waals surface area contributed by atoms with Gasteiger partial charge in [0, 0.05) is 6.07 Å². The summed E-state index contributed by atoms with van der Waals surface area (Å²) in [4.78, 5) is 7.66. The quantitative estimate of drug-likeness (QED) is 0.521. The van der Waals surface area contributed by atoms with Gasteiger partial charge in [0.2, 0.25) is 0 Å². The first-order valence-corrected chi connectivity index (χ1v) is 9.57. The standard InChI is InChI=1S/C22H22ClN3O3/c1-5-13(2)29-21-17(23)9-14(10-20(21)28-4)8-15(12-24)22-25-18-7-6-16(27-3)11-19(18)26-22/h6-11,13H,5H2,1-4H3,(H,25,26)/b15-8-/t13-/m0/s1. The highest BCUT2D eigenvalue weighted by molar-refractivity contribution is 6.32. The molecule has 6 nitrogen and oxygen atoms in total. The lowest BCUT2D eigenvalue weighted by Gasteiger charge is -2.17. The number of nitrogens with zero attached hydrogens (tertiary/aromatic N) is 2. The molecule has 0 fully saturated rings. The third kappa shape index (κ3) is 4.47. The normalized spacial score (nSPS) is 12.5. The van der Waals surface area contributed by atoms with Crippen molar-refractivity contribution in [2.24, 2.45) is 0 Å². The van der Waals surface area contributed by atoms with E-state index < -0.39 is 0 Å².